The van der Waals surface area contributed by atoms with E-state index in [-0.39, 0.29) is 42.0 Å². The third-order valence-electron chi connectivity index (χ3n) is 1.28. The zero-order valence-corrected chi connectivity index (χ0v) is 10.2. The van der Waals surface area contributed by atoms with E-state index < -0.39 is 0 Å². The van der Waals surface area contributed by atoms with Crippen molar-refractivity contribution in [3.05, 3.63) is 6.92 Å². The molecule has 0 saturated heterocycles. The van der Waals surface area contributed by atoms with Crippen molar-refractivity contribution in [2.75, 3.05) is 0 Å². The number of rotatable bonds is 4. The van der Waals surface area contributed by atoms with Gasteiger partial charge in [-0.05, 0) is 5.92 Å². The average molecular weight is 172 g/mol. The monoisotopic (exact) mass is 171 g/mol. The van der Waals surface area contributed by atoms with Gasteiger partial charge in [0.2, 0.25) is 0 Å². The molecule has 10 heavy (non-hydrogen) atoms. The van der Waals surface area contributed by atoms with E-state index >= 15 is 0 Å². The Hall–Kier alpha value is 1.29. The van der Waals surface area contributed by atoms with Gasteiger partial charge in [0.1, 0.15) is 0 Å². The number of halogens is 1. The Bertz CT molecular complexity index is 46.5. The van der Waals surface area contributed by atoms with Crippen molar-refractivity contribution in [1.82, 2.24) is 0 Å². The summed E-state index contributed by atoms with van der Waals surface area (Å²) in [6, 6.07) is 0. The molecule has 0 amide bonds. The molecule has 0 rings (SSSR count). The van der Waals surface area contributed by atoms with Gasteiger partial charge >= 0.3 is 29.6 Å². The van der Waals surface area contributed by atoms with Crippen molar-refractivity contribution in [2.24, 2.45) is 5.92 Å². The zero-order chi connectivity index (χ0) is 6.41. The van der Waals surface area contributed by atoms with Crippen LogP contribution in [-0.2, 0) is 0 Å². The van der Waals surface area contributed by atoms with Gasteiger partial charge in [-0.1, -0.05) is 46.5 Å². The molecule has 0 saturated carbocycles. The molecule has 0 aliphatic heterocycles. The SMILES string of the molecule is [CH2]CCCCC(C)C.[Cl-].[Na+]. The smallest absolute Gasteiger partial charge is 1.00 e. The summed E-state index contributed by atoms with van der Waals surface area (Å²) in [6.45, 7) is 8.32. The molecule has 0 aliphatic carbocycles. The van der Waals surface area contributed by atoms with Crippen molar-refractivity contribution in [3.63, 3.8) is 0 Å². The van der Waals surface area contributed by atoms with Crippen LogP contribution in [0.15, 0.2) is 0 Å². The van der Waals surface area contributed by atoms with E-state index in [0.717, 1.165) is 12.3 Å². The van der Waals surface area contributed by atoms with Gasteiger partial charge in [0.15, 0.2) is 0 Å². The average Bonchev–Trinajstić information content (AvgIpc) is 1.66. The molecule has 0 aromatic carbocycles. The standard InChI is InChI=1S/C8H17.ClH.Na/c1-4-5-6-7-8(2)3;;/h8H,1,4-7H2,2-3H3;1H;/q;;+1/p-1. The van der Waals surface area contributed by atoms with Crippen LogP contribution in [0.2, 0.25) is 0 Å². The maximum absolute atomic E-state index is 3.78. The number of unbranched alkanes of at least 4 members (excludes halogenated alkanes) is 2. The summed E-state index contributed by atoms with van der Waals surface area (Å²) in [7, 11) is 0. The Labute approximate surface area is 93.9 Å². The minimum absolute atomic E-state index is 0. The first-order valence-electron chi connectivity index (χ1n) is 3.56. The maximum Gasteiger partial charge on any atom is 1.00 e. The minimum Gasteiger partial charge on any atom is -1.00 e. The normalized spacial score (nSPS) is 8.40. The predicted octanol–water partition coefficient (Wildman–Crippen LogP) is -2.96. The van der Waals surface area contributed by atoms with Crippen LogP contribution in [0.25, 0.3) is 0 Å². The molecule has 0 heterocycles. The maximum atomic E-state index is 3.78. The van der Waals surface area contributed by atoms with E-state index in [0.29, 0.717) is 0 Å². The van der Waals surface area contributed by atoms with Gasteiger partial charge in [0.05, 0.1) is 0 Å². The largest absolute Gasteiger partial charge is 1.00 e. The van der Waals surface area contributed by atoms with Crippen LogP contribution in [0.3, 0.4) is 0 Å². The summed E-state index contributed by atoms with van der Waals surface area (Å²) < 4.78 is 0. The summed E-state index contributed by atoms with van der Waals surface area (Å²) in [4.78, 5) is 0. The molecule has 0 unspecified atom stereocenters. The molecular weight excluding hydrogens is 155 g/mol. The van der Waals surface area contributed by atoms with E-state index in [1.54, 1.807) is 0 Å². The van der Waals surface area contributed by atoms with Gasteiger partial charge in [-0.25, -0.2) is 0 Å². The van der Waals surface area contributed by atoms with Crippen LogP contribution in [0.4, 0.5) is 0 Å². The Kier molecular flexibility index (Phi) is 22.5. The van der Waals surface area contributed by atoms with E-state index in [4.69, 9.17) is 0 Å². The van der Waals surface area contributed by atoms with E-state index in [1.807, 2.05) is 0 Å². The molecule has 0 nitrogen and oxygen atoms in total. The minimum atomic E-state index is 0. The van der Waals surface area contributed by atoms with Crippen LogP contribution < -0.4 is 42.0 Å². The number of hydrogen-bond donors (Lipinski definition) is 0. The quantitative estimate of drug-likeness (QED) is 0.314. The van der Waals surface area contributed by atoms with Crippen LogP contribution in [0, 0.1) is 12.8 Å². The van der Waals surface area contributed by atoms with Gasteiger partial charge in [-0.2, -0.15) is 0 Å². The molecule has 0 bridgehead atoms. The first-order valence-corrected chi connectivity index (χ1v) is 3.56. The summed E-state index contributed by atoms with van der Waals surface area (Å²) in [5, 5.41) is 0. The molecule has 1 radical (unpaired) electrons. The second kappa shape index (κ2) is 12.9. The van der Waals surface area contributed by atoms with Crippen molar-refractivity contribution < 1.29 is 42.0 Å². The fourth-order valence-corrected chi connectivity index (χ4v) is 0.729. The molecule has 57 valence electrons. The van der Waals surface area contributed by atoms with Gasteiger partial charge in [-0.3, -0.25) is 0 Å². The van der Waals surface area contributed by atoms with Crippen LogP contribution in [-0.4, -0.2) is 0 Å². The zero-order valence-electron chi connectivity index (χ0n) is 7.49. The van der Waals surface area contributed by atoms with Crippen LogP contribution in [0.1, 0.15) is 39.5 Å². The molecule has 0 fully saturated rings. The molecule has 0 aliphatic rings. The van der Waals surface area contributed by atoms with Crippen molar-refractivity contribution in [1.29, 1.82) is 0 Å². The van der Waals surface area contributed by atoms with Crippen molar-refractivity contribution in [2.45, 2.75) is 39.5 Å². The molecular formula is C8H17ClNa. The fraction of sp³-hybridized carbons (Fsp3) is 0.875. The second-order valence-corrected chi connectivity index (χ2v) is 2.74. The van der Waals surface area contributed by atoms with Gasteiger partial charge < -0.3 is 12.4 Å². The first kappa shape index (κ1) is 17.4. The molecule has 0 aromatic rings. The topological polar surface area (TPSA) is 0 Å². The Morgan fingerprint density at radius 3 is 2.00 bits per heavy atom. The molecule has 0 N–H and O–H groups in total. The molecule has 0 aromatic heterocycles. The Morgan fingerprint density at radius 1 is 1.20 bits per heavy atom. The number of hydrogen-bond acceptors (Lipinski definition) is 0. The third kappa shape index (κ3) is 16.1. The van der Waals surface area contributed by atoms with Crippen LogP contribution >= 0.6 is 0 Å². The Balaban J connectivity index is -0.000000245. The van der Waals surface area contributed by atoms with Crippen molar-refractivity contribution in [3.8, 4) is 0 Å². The summed E-state index contributed by atoms with van der Waals surface area (Å²) in [6.07, 6.45) is 5.14. The summed E-state index contributed by atoms with van der Waals surface area (Å²) >= 11 is 0. The van der Waals surface area contributed by atoms with E-state index in [9.17, 15) is 0 Å². The van der Waals surface area contributed by atoms with Crippen molar-refractivity contribution >= 4 is 0 Å². The predicted molar refractivity (Wildman–Crippen MR) is 38.7 cm³/mol. The van der Waals surface area contributed by atoms with Gasteiger partial charge in [0.25, 0.3) is 0 Å². The molecule has 0 atom stereocenters. The van der Waals surface area contributed by atoms with Crippen LogP contribution in [0.5, 0.6) is 0 Å². The van der Waals surface area contributed by atoms with Gasteiger partial charge in [0, 0.05) is 0 Å². The Morgan fingerprint density at radius 2 is 1.70 bits per heavy atom. The van der Waals surface area contributed by atoms with E-state index in [2.05, 4.69) is 20.8 Å². The second-order valence-electron chi connectivity index (χ2n) is 2.74. The first-order chi connectivity index (χ1) is 3.77. The molecule has 2 heteroatoms. The summed E-state index contributed by atoms with van der Waals surface area (Å²) in [5.41, 5.74) is 0. The van der Waals surface area contributed by atoms with Gasteiger partial charge in [-0.15, -0.1) is 0 Å². The third-order valence-corrected chi connectivity index (χ3v) is 1.28. The summed E-state index contributed by atoms with van der Waals surface area (Å²) in [5.74, 6) is 0.876. The van der Waals surface area contributed by atoms with E-state index in [1.165, 1.54) is 19.3 Å². The fourth-order valence-electron chi connectivity index (χ4n) is 0.729. The molecule has 0 spiro atoms.